The number of benzene rings is 1. The van der Waals surface area contributed by atoms with E-state index >= 15 is 0 Å². The molecule has 0 amide bonds. The SMILES string of the molecule is CSc1cccc(N2CCCS(=O)(=O)CC2)c1C(=O)O. The molecule has 0 unspecified atom stereocenters. The second kappa shape index (κ2) is 6.05. The topological polar surface area (TPSA) is 74.7 Å². The fourth-order valence-corrected chi connectivity index (χ4v) is 4.23. The normalized spacial score (nSPS) is 18.6. The van der Waals surface area contributed by atoms with Gasteiger partial charge in [-0.25, -0.2) is 13.2 Å². The number of thioether (sulfide) groups is 1. The van der Waals surface area contributed by atoms with Crippen molar-refractivity contribution in [2.45, 2.75) is 11.3 Å². The van der Waals surface area contributed by atoms with Crippen molar-refractivity contribution in [2.75, 3.05) is 35.8 Å². The molecule has 20 heavy (non-hydrogen) atoms. The van der Waals surface area contributed by atoms with Crippen molar-refractivity contribution in [3.05, 3.63) is 23.8 Å². The van der Waals surface area contributed by atoms with E-state index in [0.717, 1.165) is 0 Å². The minimum absolute atomic E-state index is 0.0789. The van der Waals surface area contributed by atoms with Crippen molar-refractivity contribution in [1.29, 1.82) is 0 Å². The van der Waals surface area contributed by atoms with Gasteiger partial charge in [0.2, 0.25) is 0 Å². The highest BCUT2D eigenvalue weighted by atomic mass is 32.2. The van der Waals surface area contributed by atoms with Crippen LogP contribution in [0.3, 0.4) is 0 Å². The van der Waals surface area contributed by atoms with E-state index in [-0.39, 0.29) is 17.1 Å². The van der Waals surface area contributed by atoms with Crippen LogP contribution in [-0.4, -0.2) is 50.3 Å². The molecular formula is C13H17NO4S2. The van der Waals surface area contributed by atoms with Crippen molar-refractivity contribution >= 4 is 33.3 Å². The summed E-state index contributed by atoms with van der Waals surface area (Å²) in [4.78, 5) is 14.1. The highest BCUT2D eigenvalue weighted by Crippen LogP contribution is 2.30. The lowest BCUT2D eigenvalue weighted by Crippen LogP contribution is -2.28. The molecule has 1 aromatic rings. The van der Waals surface area contributed by atoms with E-state index in [2.05, 4.69) is 0 Å². The van der Waals surface area contributed by atoms with Gasteiger partial charge in [-0.15, -0.1) is 11.8 Å². The van der Waals surface area contributed by atoms with Crippen LogP contribution in [0, 0.1) is 0 Å². The van der Waals surface area contributed by atoms with Gasteiger partial charge >= 0.3 is 5.97 Å². The van der Waals surface area contributed by atoms with E-state index in [0.29, 0.717) is 30.1 Å². The van der Waals surface area contributed by atoms with E-state index in [4.69, 9.17) is 0 Å². The summed E-state index contributed by atoms with van der Waals surface area (Å²) in [5.41, 5.74) is 0.876. The summed E-state index contributed by atoms with van der Waals surface area (Å²) < 4.78 is 23.3. The monoisotopic (exact) mass is 315 g/mol. The number of carbonyl (C=O) groups is 1. The first-order valence-corrected chi connectivity index (χ1v) is 9.35. The molecule has 7 heteroatoms. The minimum Gasteiger partial charge on any atom is -0.478 e. The zero-order chi connectivity index (χ0) is 14.8. The first kappa shape index (κ1) is 15.2. The summed E-state index contributed by atoms with van der Waals surface area (Å²) in [5.74, 6) is -0.721. The van der Waals surface area contributed by atoms with E-state index in [1.54, 1.807) is 12.1 Å². The first-order valence-electron chi connectivity index (χ1n) is 6.30. The molecule has 0 aliphatic carbocycles. The quantitative estimate of drug-likeness (QED) is 0.856. The summed E-state index contributed by atoms with van der Waals surface area (Å²) in [6.07, 6.45) is 2.36. The molecule has 1 aliphatic rings. The zero-order valence-corrected chi connectivity index (χ0v) is 12.8. The van der Waals surface area contributed by atoms with Gasteiger partial charge in [-0.2, -0.15) is 0 Å². The highest BCUT2D eigenvalue weighted by Gasteiger charge is 2.24. The molecular weight excluding hydrogens is 298 g/mol. The number of carboxylic acid groups (broad SMARTS) is 1. The van der Waals surface area contributed by atoms with E-state index in [1.807, 2.05) is 17.2 Å². The predicted octanol–water partition coefficient (Wildman–Crippen LogP) is 1.73. The largest absolute Gasteiger partial charge is 0.478 e. The number of carboxylic acids is 1. The third-order valence-electron chi connectivity index (χ3n) is 3.33. The van der Waals surface area contributed by atoms with Gasteiger partial charge in [0.25, 0.3) is 0 Å². The fraction of sp³-hybridized carbons (Fsp3) is 0.462. The van der Waals surface area contributed by atoms with Gasteiger partial charge in [-0.1, -0.05) is 6.07 Å². The Morgan fingerprint density at radius 1 is 1.30 bits per heavy atom. The number of hydrogen-bond donors (Lipinski definition) is 1. The molecule has 0 saturated carbocycles. The Hall–Kier alpha value is -1.21. The Kier molecular flexibility index (Phi) is 4.59. The molecule has 1 aromatic carbocycles. The number of sulfone groups is 1. The molecule has 5 nitrogen and oxygen atoms in total. The Labute approximate surface area is 122 Å². The Balaban J connectivity index is 2.39. The molecule has 0 atom stereocenters. The smallest absolute Gasteiger partial charge is 0.338 e. The van der Waals surface area contributed by atoms with Gasteiger partial charge in [0, 0.05) is 18.0 Å². The summed E-state index contributed by atoms with van der Waals surface area (Å²) in [5, 5.41) is 9.42. The molecule has 1 heterocycles. The molecule has 0 bridgehead atoms. The second-order valence-corrected chi connectivity index (χ2v) is 7.80. The summed E-state index contributed by atoms with van der Waals surface area (Å²) in [6, 6.07) is 5.33. The van der Waals surface area contributed by atoms with Gasteiger partial charge in [0.1, 0.15) is 0 Å². The van der Waals surface area contributed by atoms with Crippen LogP contribution in [0.25, 0.3) is 0 Å². The molecule has 1 aliphatic heterocycles. The molecule has 2 rings (SSSR count). The number of anilines is 1. The molecule has 110 valence electrons. The van der Waals surface area contributed by atoms with Crippen LogP contribution in [-0.2, 0) is 9.84 Å². The van der Waals surface area contributed by atoms with E-state index < -0.39 is 15.8 Å². The van der Waals surface area contributed by atoms with Crippen LogP contribution in [0.15, 0.2) is 23.1 Å². The second-order valence-electron chi connectivity index (χ2n) is 4.65. The first-order chi connectivity index (χ1) is 9.44. The van der Waals surface area contributed by atoms with Crippen LogP contribution in [0.5, 0.6) is 0 Å². The van der Waals surface area contributed by atoms with Gasteiger partial charge < -0.3 is 10.0 Å². The molecule has 1 N–H and O–H groups in total. The van der Waals surface area contributed by atoms with Crippen molar-refractivity contribution in [3.63, 3.8) is 0 Å². The fourth-order valence-electron chi connectivity index (χ4n) is 2.35. The number of nitrogens with zero attached hydrogens (tertiary/aromatic N) is 1. The average Bonchev–Trinajstić information content (AvgIpc) is 2.58. The minimum atomic E-state index is -3.00. The van der Waals surface area contributed by atoms with Crippen molar-refractivity contribution in [3.8, 4) is 0 Å². The summed E-state index contributed by atoms with van der Waals surface area (Å²) in [6.45, 7) is 0.914. The number of hydrogen-bond acceptors (Lipinski definition) is 5. The van der Waals surface area contributed by atoms with Crippen molar-refractivity contribution in [1.82, 2.24) is 0 Å². The summed E-state index contributed by atoms with van der Waals surface area (Å²) >= 11 is 1.38. The molecule has 1 saturated heterocycles. The van der Waals surface area contributed by atoms with Gasteiger partial charge in [-0.05, 0) is 24.8 Å². The molecule has 0 aromatic heterocycles. The predicted molar refractivity (Wildman–Crippen MR) is 80.7 cm³/mol. The lowest BCUT2D eigenvalue weighted by molar-refractivity contribution is 0.0694. The standard InChI is InChI=1S/C13H17NO4S2/c1-19-11-5-2-4-10(12(11)13(15)16)14-6-3-8-20(17,18)9-7-14/h2,4-5H,3,6-9H2,1H3,(H,15,16). The molecule has 0 radical (unpaired) electrons. The lowest BCUT2D eigenvalue weighted by atomic mass is 10.1. The third-order valence-corrected chi connectivity index (χ3v) is 5.83. The maximum absolute atomic E-state index is 11.6. The average molecular weight is 315 g/mol. The maximum atomic E-state index is 11.6. The molecule has 1 fully saturated rings. The Morgan fingerprint density at radius 2 is 2.05 bits per heavy atom. The van der Waals surface area contributed by atoms with E-state index in [9.17, 15) is 18.3 Å². The lowest BCUT2D eigenvalue weighted by Gasteiger charge is -2.24. The maximum Gasteiger partial charge on any atom is 0.338 e. The van der Waals surface area contributed by atoms with Gasteiger partial charge in [0.15, 0.2) is 9.84 Å². The van der Waals surface area contributed by atoms with Crippen LogP contribution in [0.2, 0.25) is 0 Å². The van der Waals surface area contributed by atoms with Crippen LogP contribution >= 0.6 is 11.8 Å². The number of aromatic carboxylic acids is 1. The van der Waals surface area contributed by atoms with Gasteiger partial charge in [-0.3, -0.25) is 0 Å². The summed E-state index contributed by atoms with van der Waals surface area (Å²) in [7, 11) is -3.00. The molecule has 0 spiro atoms. The van der Waals surface area contributed by atoms with Crippen molar-refractivity contribution in [2.24, 2.45) is 0 Å². The van der Waals surface area contributed by atoms with Gasteiger partial charge in [0.05, 0.1) is 22.8 Å². The van der Waals surface area contributed by atoms with Crippen molar-refractivity contribution < 1.29 is 18.3 Å². The van der Waals surface area contributed by atoms with Crippen LogP contribution in [0.4, 0.5) is 5.69 Å². The van der Waals surface area contributed by atoms with Crippen LogP contribution in [0.1, 0.15) is 16.8 Å². The third kappa shape index (κ3) is 3.27. The number of rotatable bonds is 3. The Bertz CT molecular complexity index is 613. The van der Waals surface area contributed by atoms with E-state index in [1.165, 1.54) is 11.8 Å². The Morgan fingerprint density at radius 3 is 2.70 bits per heavy atom. The zero-order valence-electron chi connectivity index (χ0n) is 11.2. The highest BCUT2D eigenvalue weighted by molar-refractivity contribution is 7.98. The van der Waals surface area contributed by atoms with Crippen LogP contribution < -0.4 is 4.90 Å².